The van der Waals surface area contributed by atoms with Gasteiger partial charge in [0.25, 0.3) is 0 Å². The molecule has 0 unspecified atom stereocenters. The molecule has 0 spiro atoms. The van der Waals surface area contributed by atoms with Crippen molar-refractivity contribution in [2.45, 2.75) is 19.9 Å². The van der Waals surface area contributed by atoms with Crippen LogP contribution in [0.3, 0.4) is 0 Å². The Morgan fingerprint density at radius 2 is 1.88 bits per heavy atom. The van der Waals surface area contributed by atoms with Crippen molar-refractivity contribution in [2.24, 2.45) is 0 Å². The van der Waals surface area contributed by atoms with Crippen molar-refractivity contribution in [1.82, 2.24) is 29.7 Å². The summed E-state index contributed by atoms with van der Waals surface area (Å²) in [7, 11) is 2.17. The maximum atomic E-state index is 13.2. The molecule has 4 heterocycles. The number of ether oxygens (including phenoxy) is 1. The number of nitrogens with one attached hydrogen (secondary N) is 1. The molecule has 40 heavy (non-hydrogen) atoms. The summed E-state index contributed by atoms with van der Waals surface area (Å²) in [5.41, 5.74) is 6.32. The van der Waals surface area contributed by atoms with Crippen LogP contribution in [0.25, 0.3) is 22.4 Å². The molecule has 2 aromatic carbocycles. The highest BCUT2D eigenvalue weighted by Crippen LogP contribution is 2.29. The number of piperazine rings is 1. The summed E-state index contributed by atoms with van der Waals surface area (Å²) in [6.45, 7) is 7.36. The molecule has 5 aromatic rings. The number of hydrogen-bond donors (Lipinski definition) is 1. The van der Waals surface area contributed by atoms with Crippen molar-refractivity contribution in [3.63, 3.8) is 0 Å². The quantitative estimate of drug-likeness (QED) is 0.272. The SMILES string of the molecule is Cc1cc(C(=O)Cc2cccc(Oc3nc(-c4cccnc4)nc4cc[nH]c34)c2)ccc1CN1CCN(C)CC1. The van der Waals surface area contributed by atoms with Crippen LogP contribution in [-0.4, -0.2) is 68.7 Å². The number of Topliss-reactive ketones (excluding diaryl/α,β-unsaturated/α-hetero) is 1. The number of aromatic nitrogens is 4. The highest BCUT2D eigenvalue weighted by molar-refractivity contribution is 5.97. The van der Waals surface area contributed by atoms with Crippen molar-refractivity contribution in [1.29, 1.82) is 0 Å². The Morgan fingerprint density at radius 1 is 1.00 bits per heavy atom. The van der Waals surface area contributed by atoms with Gasteiger partial charge in [-0.3, -0.25) is 14.7 Å². The zero-order valence-electron chi connectivity index (χ0n) is 22.8. The number of hydrogen-bond acceptors (Lipinski definition) is 7. The number of nitrogens with zero attached hydrogens (tertiary/aromatic N) is 5. The zero-order valence-corrected chi connectivity index (χ0v) is 22.8. The van der Waals surface area contributed by atoms with Crippen LogP contribution in [0.5, 0.6) is 11.6 Å². The standard InChI is InChI=1S/C32H32N6O2/c1-22-17-24(8-9-26(22)21-38-15-13-37(2)14-16-38)29(39)19-23-5-3-7-27(18-23)40-32-30-28(10-12-34-30)35-31(36-32)25-6-4-11-33-20-25/h3-12,17-18,20,34H,13-16,19,21H2,1-2H3. The molecule has 3 aromatic heterocycles. The number of benzene rings is 2. The number of carbonyl (C=O) groups excluding carboxylic acids is 1. The first kappa shape index (κ1) is 25.9. The van der Waals surface area contributed by atoms with Gasteiger partial charge < -0.3 is 14.6 Å². The summed E-state index contributed by atoms with van der Waals surface area (Å²) in [6.07, 6.45) is 5.54. The van der Waals surface area contributed by atoms with Gasteiger partial charge in [-0.1, -0.05) is 24.3 Å². The predicted octanol–water partition coefficient (Wildman–Crippen LogP) is 5.29. The Morgan fingerprint density at radius 3 is 2.67 bits per heavy atom. The van der Waals surface area contributed by atoms with Crippen molar-refractivity contribution >= 4 is 16.8 Å². The molecular formula is C32H32N6O2. The molecule has 8 heteroatoms. The molecule has 0 radical (unpaired) electrons. The van der Waals surface area contributed by atoms with Gasteiger partial charge in [-0.2, -0.15) is 4.98 Å². The summed E-state index contributed by atoms with van der Waals surface area (Å²) < 4.78 is 6.23. The first-order chi connectivity index (χ1) is 19.5. The highest BCUT2D eigenvalue weighted by Gasteiger charge is 2.17. The molecule has 6 rings (SSSR count). The molecule has 1 fully saturated rings. The Hall–Kier alpha value is -4.40. The van der Waals surface area contributed by atoms with Gasteiger partial charge in [-0.05, 0) is 67.1 Å². The van der Waals surface area contributed by atoms with Crippen LogP contribution in [-0.2, 0) is 13.0 Å². The number of ketones is 1. The third-order valence-electron chi connectivity index (χ3n) is 7.42. The van der Waals surface area contributed by atoms with Crippen LogP contribution >= 0.6 is 0 Å². The van der Waals surface area contributed by atoms with Gasteiger partial charge in [-0.15, -0.1) is 0 Å². The lowest BCUT2D eigenvalue weighted by Gasteiger charge is -2.32. The van der Waals surface area contributed by atoms with Crippen LogP contribution in [0, 0.1) is 6.92 Å². The minimum absolute atomic E-state index is 0.0825. The smallest absolute Gasteiger partial charge is 0.247 e. The van der Waals surface area contributed by atoms with E-state index >= 15 is 0 Å². The molecule has 0 atom stereocenters. The average Bonchev–Trinajstić information content (AvgIpc) is 3.45. The van der Waals surface area contributed by atoms with E-state index in [1.807, 2.05) is 60.8 Å². The number of H-pyrrole nitrogens is 1. The first-order valence-corrected chi connectivity index (χ1v) is 13.6. The van der Waals surface area contributed by atoms with E-state index in [2.05, 4.69) is 49.8 Å². The second kappa shape index (κ2) is 11.4. The fourth-order valence-electron chi connectivity index (χ4n) is 5.03. The summed E-state index contributed by atoms with van der Waals surface area (Å²) in [6, 6.07) is 19.4. The lowest BCUT2D eigenvalue weighted by molar-refractivity contribution is 0.0993. The van der Waals surface area contributed by atoms with Crippen molar-refractivity contribution in [3.05, 3.63) is 102 Å². The molecule has 1 N–H and O–H groups in total. The normalized spacial score (nSPS) is 14.4. The van der Waals surface area contributed by atoms with E-state index in [1.54, 1.807) is 12.4 Å². The lowest BCUT2D eigenvalue weighted by Crippen LogP contribution is -2.43. The third kappa shape index (κ3) is 5.78. The molecule has 1 aliphatic rings. The second-order valence-corrected chi connectivity index (χ2v) is 10.4. The van der Waals surface area contributed by atoms with E-state index in [9.17, 15) is 4.79 Å². The number of pyridine rings is 1. The Kier molecular flexibility index (Phi) is 7.35. The number of fused-ring (bicyclic) bond motifs is 1. The maximum absolute atomic E-state index is 13.2. The lowest BCUT2D eigenvalue weighted by atomic mass is 9.98. The predicted molar refractivity (Wildman–Crippen MR) is 156 cm³/mol. The molecular weight excluding hydrogens is 500 g/mol. The van der Waals surface area contributed by atoms with Gasteiger partial charge >= 0.3 is 0 Å². The summed E-state index contributed by atoms with van der Waals surface area (Å²) >= 11 is 0. The minimum Gasteiger partial charge on any atom is -0.437 e. The molecule has 1 aliphatic heterocycles. The number of aryl methyl sites for hydroxylation is 1. The largest absolute Gasteiger partial charge is 0.437 e. The van der Waals surface area contributed by atoms with Gasteiger partial charge in [-0.25, -0.2) is 4.98 Å². The molecule has 202 valence electrons. The van der Waals surface area contributed by atoms with Crippen LogP contribution in [0.4, 0.5) is 0 Å². The van der Waals surface area contributed by atoms with E-state index in [0.717, 1.165) is 60.5 Å². The fourth-order valence-corrected chi connectivity index (χ4v) is 5.03. The van der Waals surface area contributed by atoms with Crippen molar-refractivity contribution in [3.8, 4) is 23.0 Å². The van der Waals surface area contributed by atoms with Crippen LogP contribution in [0.2, 0.25) is 0 Å². The van der Waals surface area contributed by atoms with Crippen LogP contribution < -0.4 is 4.74 Å². The number of likely N-dealkylation sites (N-methyl/N-ethyl adjacent to an activating group) is 1. The Balaban J connectivity index is 1.17. The second-order valence-electron chi connectivity index (χ2n) is 10.4. The van der Waals surface area contributed by atoms with Crippen molar-refractivity contribution in [2.75, 3.05) is 33.2 Å². The number of rotatable bonds is 8. The third-order valence-corrected chi connectivity index (χ3v) is 7.42. The summed E-state index contributed by atoms with van der Waals surface area (Å²) in [5, 5.41) is 0. The van der Waals surface area contributed by atoms with E-state index in [1.165, 1.54) is 5.56 Å². The van der Waals surface area contributed by atoms with Crippen LogP contribution in [0.1, 0.15) is 27.0 Å². The fraction of sp³-hybridized carbons (Fsp3) is 0.250. The average molecular weight is 533 g/mol. The van der Waals surface area contributed by atoms with E-state index < -0.39 is 0 Å². The van der Waals surface area contributed by atoms with Crippen LogP contribution in [0.15, 0.2) is 79.3 Å². The first-order valence-electron chi connectivity index (χ1n) is 13.6. The number of carbonyl (C=O) groups is 1. The molecule has 8 nitrogen and oxygen atoms in total. The Labute approximate surface area is 233 Å². The summed E-state index contributed by atoms with van der Waals surface area (Å²) in [5.74, 6) is 1.65. The molecule has 1 saturated heterocycles. The monoisotopic (exact) mass is 532 g/mol. The minimum atomic E-state index is 0.0825. The van der Waals surface area contributed by atoms with Gasteiger partial charge in [0.1, 0.15) is 11.3 Å². The van der Waals surface area contributed by atoms with E-state index in [-0.39, 0.29) is 12.2 Å². The Bertz CT molecular complexity index is 1640. The van der Waals surface area contributed by atoms with E-state index in [0.29, 0.717) is 23.0 Å². The molecule has 0 bridgehead atoms. The molecule has 0 aliphatic carbocycles. The molecule has 0 amide bonds. The highest BCUT2D eigenvalue weighted by atomic mass is 16.5. The summed E-state index contributed by atoms with van der Waals surface area (Å²) in [4.78, 5) is 34.7. The maximum Gasteiger partial charge on any atom is 0.247 e. The topological polar surface area (TPSA) is 87.2 Å². The zero-order chi connectivity index (χ0) is 27.5. The van der Waals surface area contributed by atoms with Gasteiger partial charge in [0.2, 0.25) is 5.88 Å². The van der Waals surface area contributed by atoms with Gasteiger partial charge in [0.05, 0.1) is 5.52 Å². The van der Waals surface area contributed by atoms with Gasteiger partial charge in [0, 0.05) is 68.9 Å². The van der Waals surface area contributed by atoms with E-state index in [4.69, 9.17) is 4.74 Å². The van der Waals surface area contributed by atoms with Crippen molar-refractivity contribution < 1.29 is 9.53 Å². The number of aromatic amines is 1. The van der Waals surface area contributed by atoms with Gasteiger partial charge in [0.15, 0.2) is 11.6 Å². The molecule has 0 saturated carbocycles.